The van der Waals surface area contributed by atoms with Crippen LogP contribution >= 0.6 is 11.6 Å². The van der Waals surface area contributed by atoms with Crippen molar-refractivity contribution in [2.75, 3.05) is 0 Å². The Hall–Kier alpha value is -3.37. The van der Waals surface area contributed by atoms with Crippen LogP contribution in [0, 0.1) is 0 Å². The lowest BCUT2D eigenvalue weighted by molar-refractivity contribution is 0.0955. The van der Waals surface area contributed by atoms with Crippen LogP contribution in [0.3, 0.4) is 0 Å². The van der Waals surface area contributed by atoms with Crippen molar-refractivity contribution in [2.24, 2.45) is 5.10 Å². The van der Waals surface area contributed by atoms with E-state index in [0.717, 1.165) is 16.7 Å². The van der Waals surface area contributed by atoms with E-state index in [4.69, 9.17) is 16.3 Å². The van der Waals surface area contributed by atoms with E-state index in [0.29, 0.717) is 22.9 Å². The highest BCUT2D eigenvalue weighted by Gasteiger charge is 2.04. The molecule has 1 amide bonds. The molecule has 0 radical (unpaired) electrons. The Morgan fingerprint density at radius 3 is 2.38 bits per heavy atom. The first kappa shape index (κ1) is 20.4. The van der Waals surface area contributed by atoms with Crippen molar-refractivity contribution in [1.29, 1.82) is 0 Å². The summed E-state index contributed by atoms with van der Waals surface area (Å²) < 4.78 is 5.72. The Balaban J connectivity index is 1.50. The molecule has 0 aliphatic carbocycles. The Labute approximate surface area is 175 Å². The molecule has 0 aliphatic rings. The van der Waals surface area contributed by atoms with Gasteiger partial charge in [-0.1, -0.05) is 60.1 Å². The summed E-state index contributed by atoms with van der Waals surface area (Å²) in [6.45, 7) is 2.36. The number of hydrogen-bond acceptors (Lipinski definition) is 3. The number of halogens is 1. The largest absolute Gasteiger partial charge is 0.489 e. The average molecular weight is 405 g/mol. The van der Waals surface area contributed by atoms with Crippen molar-refractivity contribution in [3.8, 4) is 5.75 Å². The van der Waals surface area contributed by atoms with Crippen LogP contribution in [0.25, 0.3) is 6.08 Å². The molecule has 29 heavy (non-hydrogen) atoms. The van der Waals surface area contributed by atoms with Crippen LogP contribution in [0.1, 0.15) is 28.4 Å². The zero-order valence-corrected chi connectivity index (χ0v) is 16.8. The maximum absolute atomic E-state index is 12.2. The van der Waals surface area contributed by atoms with E-state index in [1.807, 2.05) is 67.6 Å². The highest BCUT2D eigenvalue weighted by Crippen LogP contribution is 2.16. The summed E-state index contributed by atoms with van der Waals surface area (Å²) in [4.78, 5) is 12.2. The van der Waals surface area contributed by atoms with E-state index in [-0.39, 0.29) is 5.91 Å². The van der Waals surface area contributed by atoms with Gasteiger partial charge >= 0.3 is 0 Å². The smallest absolute Gasteiger partial charge is 0.271 e. The number of ether oxygens (including phenoxy) is 1. The lowest BCUT2D eigenvalue weighted by Gasteiger charge is -2.07. The standard InChI is InChI=1S/C24H21ClN2O2/c1-18(15-19-5-3-2-4-6-19)16-26-27-24(28)21-9-13-23(14-10-21)29-17-20-7-11-22(25)12-8-20/h2-16H,17H2,1H3,(H,27,28)/b18-15-,26-16-. The third-order valence-electron chi connectivity index (χ3n) is 4.06. The summed E-state index contributed by atoms with van der Waals surface area (Å²) in [5, 5.41) is 4.71. The Bertz CT molecular complexity index is 995. The Morgan fingerprint density at radius 1 is 1.00 bits per heavy atom. The number of nitrogens with zero attached hydrogens (tertiary/aromatic N) is 1. The molecule has 0 fully saturated rings. The van der Waals surface area contributed by atoms with Gasteiger partial charge in [0.25, 0.3) is 5.91 Å². The zero-order valence-electron chi connectivity index (χ0n) is 16.0. The van der Waals surface area contributed by atoms with Crippen molar-refractivity contribution >= 4 is 29.8 Å². The minimum absolute atomic E-state index is 0.280. The number of amides is 1. The molecule has 0 aromatic heterocycles. The van der Waals surface area contributed by atoms with Crippen molar-refractivity contribution in [1.82, 2.24) is 5.43 Å². The first-order chi connectivity index (χ1) is 14.1. The van der Waals surface area contributed by atoms with Crippen molar-refractivity contribution in [2.45, 2.75) is 13.5 Å². The van der Waals surface area contributed by atoms with E-state index in [1.54, 1.807) is 30.5 Å². The van der Waals surface area contributed by atoms with Crippen LogP contribution < -0.4 is 10.2 Å². The molecule has 0 aliphatic heterocycles. The minimum Gasteiger partial charge on any atom is -0.489 e. The van der Waals surface area contributed by atoms with Crippen LogP contribution in [-0.2, 0) is 6.61 Å². The van der Waals surface area contributed by atoms with E-state index in [1.165, 1.54) is 0 Å². The summed E-state index contributed by atoms with van der Waals surface area (Å²) in [5.74, 6) is 0.402. The fraction of sp³-hybridized carbons (Fsp3) is 0.0833. The number of allylic oxidation sites excluding steroid dienone is 1. The van der Waals surface area contributed by atoms with Gasteiger partial charge < -0.3 is 4.74 Å². The summed E-state index contributed by atoms with van der Waals surface area (Å²) in [6, 6.07) is 24.3. The molecule has 0 unspecified atom stereocenters. The quantitative estimate of drug-likeness (QED) is 0.403. The van der Waals surface area contributed by atoms with Gasteiger partial charge in [0, 0.05) is 10.6 Å². The molecular weight excluding hydrogens is 384 g/mol. The predicted molar refractivity (Wildman–Crippen MR) is 118 cm³/mol. The lowest BCUT2D eigenvalue weighted by Crippen LogP contribution is -2.17. The van der Waals surface area contributed by atoms with E-state index >= 15 is 0 Å². The monoisotopic (exact) mass is 404 g/mol. The summed E-state index contributed by atoms with van der Waals surface area (Å²) >= 11 is 5.87. The highest BCUT2D eigenvalue weighted by atomic mass is 35.5. The number of hydrogen-bond donors (Lipinski definition) is 1. The van der Waals surface area contributed by atoms with Gasteiger partial charge in [0.2, 0.25) is 0 Å². The van der Waals surface area contributed by atoms with Crippen LogP contribution in [0.4, 0.5) is 0 Å². The topological polar surface area (TPSA) is 50.7 Å². The fourth-order valence-corrected chi connectivity index (χ4v) is 2.68. The third kappa shape index (κ3) is 6.63. The van der Waals surface area contributed by atoms with Gasteiger partial charge in [-0.3, -0.25) is 4.79 Å². The first-order valence-electron chi connectivity index (χ1n) is 9.14. The van der Waals surface area contributed by atoms with Gasteiger partial charge in [0.15, 0.2) is 0 Å². The number of rotatable bonds is 7. The average Bonchev–Trinajstić information content (AvgIpc) is 2.74. The van der Waals surface area contributed by atoms with Gasteiger partial charge in [0.1, 0.15) is 12.4 Å². The van der Waals surface area contributed by atoms with Crippen molar-refractivity contribution < 1.29 is 9.53 Å². The molecule has 3 aromatic rings. The van der Waals surface area contributed by atoms with Crippen LogP contribution in [0.2, 0.25) is 5.02 Å². The summed E-state index contributed by atoms with van der Waals surface area (Å²) in [7, 11) is 0. The molecule has 0 heterocycles. The predicted octanol–water partition coefficient (Wildman–Crippen LogP) is 5.74. The first-order valence-corrected chi connectivity index (χ1v) is 9.52. The molecule has 146 valence electrons. The van der Waals surface area contributed by atoms with Gasteiger partial charge in [-0.25, -0.2) is 5.43 Å². The molecule has 5 heteroatoms. The Morgan fingerprint density at radius 2 is 1.69 bits per heavy atom. The second kappa shape index (κ2) is 10.2. The molecule has 0 spiro atoms. The maximum Gasteiger partial charge on any atom is 0.271 e. The van der Waals surface area contributed by atoms with Crippen LogP contribution in [-0.4, -0.2) is 12.1 Å². The molecule has 3 aromatic carbocycles. The Kier molecular flexibility index (Phi) is 7.20. The van der Waals surface area contributed by atoms with Gasteiger partial charge in [0.05, 0.1) is 6.21 Å². The molecule has 0 saturated heterocycles. The summed E-state index contributed by atoms with van der Waals surface area (Å²) in [5.41, 5.74) is 6.07. The number of nitrogens with one attached hydrogen (secondary N) is 1. The van der Waals surface area contributed by atoms with E-state index in [2.05, 4.69) is 10.5 Å². The number of hydrazone groups is 1. The number of benzene rings is 3. The number of carbonyl (C=O) groups excluding carboxylic acids is 1. The fourth-order valence-electron chi connectivity index (χ4n) is 2.56. The van der Waals surface area contributed by atoms with Crippen molar-refractivity contribution in [3.63, 3.8) is 0 Å². The van der Waals surface area contributed by atoms with Crippen LogP contribution in [0.15, 0.2) is 89.5 Å². The summed E-state index contributed by atoms with van der Waals surface area (Å²) in [6.07, 6.45) is 3.61. The van der Waals surface area contributed by atoms with Gasteiger partial charge in [-0.15, -0.1) is 0 Å². The minimum atomic E-state index is -0.280. The highest BCUT2D eigenvalue weighted by molar-refractivity contribution is 6.30. The van der Waals surface area contributed by atoms with Gasteiger partial charge in [-0.2, -0.15) is 5.10 Å². The zero-order chi connectivity index (χ0) is 20.5. The maximum atomic E-state index is 12.2. The molecule has 0 bridgehead atoms. The second-order valence-electron chi connectivity index (χ2n) is 6.44. The molecule has 1 N–H and O–H groups in total. The molecular formula is C24H21ClN2O2. The molecule has 0 atom stereocenters. The molecule has 0 saturated carbocycles. The van der Waals surface area contributed by atoms with Crippen LogP contribution in [0.5, 0.6) is 5.75 Å². The van der Waals surface area contributed by atoms with Crippen molar-refractivity contribution in [3.05, 3.63) is 106 Å². The third-order valence-corrected chi connectivity index (χ3v) is 4.32. The normalized spacial score (nSPS) is 11.4. The lowest BCUT2D eigenvalue weighted by atomic mass is 10.1. The van der Waals surface area contributed by atoms with E-state index < -0.39 is 0 Å². The van der Waals surface area contributed by atoms with Gasteiger partial charge in [-0.05, 0) is 60.0 Å². The molecule has 4 nitrogen and oxygen atoms in total. The molecule has 3 rings (SSSR count). The number of carbonyl (C=O) groups is 1. The SMILES string of the molecule is CC(/C=N\NC(=O)c1ccc(OCc2ccc(Cl)cc2)cc1)=C/c1ccccc1. The van der Waals surface area contributed by atoms with E-state index in [9.17, 15) is 4.79 Å². The second-order valence-corrected chi connectivity index (χ2v) is 6.87.